The zero-order valence-corrected chi connectivity index (χ0v) is 11.9. The van der Waals surface area contributed by atoms with E-state index in [1.54, 1.807) is 11.8 Å². The highest BCUT2D eigenvalue weighted by Gasteiger charge is 2.27. The Labute approximate surface area is 112 Å². The van der Waals surface area contributed by atoms with E-state index in [1.807, 2.05) is 11.6 Å². The normalized spacial score (nSPS) is 27.8. The van der Waals surface area contributed by atoms with Gasteiger partial charge in [0.1, 0.15) is 0 Å². The minimum Gasteiger partial charge on any atom is -0.192 e. The fourth-order valence-electron chi connectivity index (χ4n) is 2.94. The first kappa shape index (κ1) is 12.2. The Morgan fingerprint density at radius 3 is 2.72 bits per heavy atom. The minimum absolute atomic E-state index is 0.690. The second-order valence-electron chi connectivity index (χ2n) is 5.35. The maximum atomic E-state index is 4.77. The number of nitrogens with zero attached hydrogens (tertiary/aromatic N) is 4. The third-order valence-electron chi connectivity index (χ3n) is 4.24. The molecule has 0 amide bonds. The molecule has 1 aromatic heterocycles. The van der Waals surface area contributed by atoms with Crippen molar-refractivity contribution in [3.05, 3.63) is 5.82 Å². The van der Waals surface area contributed by atoms with Crippen molar-refractivity contribution in [2.75, 3.05) is 5.75 Å². The fourth-order valence-corrected chi connectivity index (χ4v) is 3.91. The monoisotopic (exact) mass is 264 g/mol. The maximum Gasteiger partial charge on any atom is 0.212 e. The molecule has 0 aromatic carbocycles. The largest absolute Gasteiger partial charge is 0.212 e. The van der Waals surface area contributed by atoms with Crippen molar-refractivity contribution in [2.45, 2.75) is 51.1 Å². The molecular weight excluding hydrogens is 244 g/mol. The first-order valence-electron chi connectivity index (χ1n) is 6.90. The van der Waals surface area contributed by atoms with Gasteiger partial charge in [0, 0.05) is 5.75 Å². The lowest BCUT2D eigenvalue weighted by molar-refractivity contribution is 0.313. The van der Waals surface area contributed by atoms with Crippen LogP contribution in [0.25, 0.3) is 0 Å². The number of thioether (sulfide) groups is 1. The van der Waals surface area contributed by atoms with Gasteiger partial charge in [-0.15, -0.1) is 10.2 Å². The molecule has 1 aromatic rings. The summed E-state index contributed by atoms with van der Waals surface area (Å²) in [6.45, 7) is 4.28. The standard InChI is InChI=1S/C13H20N4S/c1-3-10-4-6-11(7-5-10)12-8-18-13-15-14-9(2)17(13)16-12/h10-11H,3-8H2,1-2H3. The molecule has 3 rings (SSSR count). The van der Waals surface area contributed by atoms with Gasteiger partial charge in [0.2, 0.25) is 5.16 Å². The molecule has 0 spiro atoms. The summed E-state index contributed by atoms with van der Waals surface area (Å²) < 4.78 is 1.91. The molecule has 0 radical (unpaired) electrons. The van der Waals surface area contributed by atoms with Gasteiger partial charge >= 0.3 is 0 Å². The molecule has 0 bridgehead atoms. The number of fused-ring (bicyclic) bond motifs is 1. The lowest BCUT2D eigenvalue weighted by atomic mass is 9.79. The molecule has 0 unspecified atom stereocenters. The summed E-state index contributed by atoms with van der Waals surface area (Å²) in [5.41, 5.74) is 1.35. The average molecular weight is 264 g/mol. The van der Waals surface area contributed by atoms with Crippen LogP contribution >= 0.6 is 11.8 Å². The van der Waals surface area contributed by atoms with Crippen molar-refractivity contribution in [1.82, 2.24) is 14.9 Å². The molecule has 18 heavy (non-hydrogen) atoms. The summed E-state index contributed by atoms with van der Waals surface area (Å²) in [4.78, 5) is 0. The molecule has 2 heterocycles. The van der Waals surface area contributed by atoms with E-state index < -0.39 is 0 Å². The van der Waals surface area contributed by atoms with Gasteiger partial charge < -0.3 is 0 Å². The molecule has 1 aliphatic carbocycles. The van der Waals surface area contributed by atoms with Gasteiger partial charge in [-0.25, -0.2) is 0 Å². The number of aryl methyl sites for hydroxylation is 1. The summed E-state index contributed by atoms with van der Waals surface area (Å²) in [5, 5.41) is 13.9. The van der Waals surface area contributed by atoms with Crippen LogP contribution in [0.3, 0.4) is 0 Å². The van der Waals surface area contributed by atoms with E-state index in [2.05, 4.69) is 17.1 Å². The second kappa shape index (κ2) is 5.03. The third kappa shape index (κ3) is 2.20. The van der Waals surface area contributed by atoms with E-state index in [0.29, 0.717) is 5.92 Å². The summed E-state index contributed by atoms with van der Waals surface area (Å²) in [6, 6.07) is 0. The predicted octanol–water partition coefficient (Wildman–Crippen LogP) is 3.11. The van der Waals surface area contributed by atoms with Crippen LogP contribution in [0.5, 0.6) is 0 Å². The highest BCUT2D eigenvalue weighted by atomic mass is 32.2. The van der Waals surface area contributed by atoms with Crippen molar-refractivity contribution in [3.8, 4) is 0 Å². The van der Waals surface area contributed by atoms with Gasteiger partial charge in [0.15, 0.2) is 5.82 Å². The van der Waals surface area contributed by atoms with Gasteiger partial charge in [-0.1, -0.05) is 25.1 Å². The van der Waals surface area contributed by atoms with Crippen LogP contribution in [0.4, 0.5) is 0 Å². The average Bonchev–Trinajstić information content (AvgIpc) is 2.80. The van der Waals surface area contributed by atoms with Crippen LogP contribution in [0.15, 0.2) is 10.3 Å². The SMILES string of the molecule is CCC1CCC(C2=Nn3c(C)nnc3SC2)CC1. The van der Waals surface area contributed by atoms with Crippen LogP contribution in [0.2, 0.25) is 0 Å². The van der Waals surface area contributed by atoms with Crippen LogP contribution in [0.1, 0.15) is 44.9 Å². The van der Waals surface area contributed by atoms with Crippen molar-refractivity contribution in [1.29, 1.82) is 0 Å². The van der Waals surface area contributed by atoms with Gasteiger partial charge in [-0.05, 0) is 44.4 Å². The summed E-state index contributed by atoms with van der Waals surface area (Å²) in [5.74, 6) is 3.54. The van der Waals surface area contributed by atoms with E-state index in [-0.39, 0.29) is 0 Å². The second-order valence-corrected chi connectivity index (χ2v) is 6.29. The molecule has 5 heteroatoms. The molecule has 98 valence electrons. The van der Waals surface area contributed by atoms with Crippen LogP contribution in [-0.4, -0.2) is 26.3 Å². The molecule has 2 aliphatic rings. The van der Waals surface area contributed by atoms with Crippen molar-refractivity contribution < 1.29 is 0 Å². The van der Waals surface area contributed by atoms with Crippen molar-refractivity contribution in [2.24, 2.45) is 16.9 Å². The molecular formula is C13H20N4S. The highest BCUT2D eigenvalue weighted by Crippen LogP contribution is 2.34. The summed E-state index contributed by atoms with van der Waals surface area (Å²) in [7, 11) is 0. The first-order valence-corrected chi connectivity index (χ1v) is 7.89. The quantitative estimate of drug-likeness (QED) is 0.824. The molecule has 1 aliphatic heterocycles. The summed E-state index contributed by atoms with van der Waals surface area (Å²) in [6.07, 6.45) is 6.71. The molecule has 1 fully saturated rings. The van der Waals surface area contributed by atoms with Gasteiger partial charge in [0.05, 0.1) is 5.71 Å². The molecule has 0 N–H and O–H groups in total. The summed E-state index contributed by atoms with van der Waals surface area (Å²) >= 11 is 1.78. The van der Waals surface area contributed by atoms with Crippen molar-refractivity contribution >= 4 is 17.5 Å². The lowest BCUT2D eigenvalue weighted by Crippen LogP contribution is -2.26. The zero-order chi connectivity index (χ0) is 12.5. The van der Waals surface area contributed by atoms with Crippen LogP contribution in [-0.2, 0) is 0 Å². The van der Waals surface area contributed by atoms with Gasteiger partial charge in [-0.2, -0.15) is 9.78 Å². The highest BCUT2D eigenvalue weighted by molar-refractivity contribution is 7.99. The maximum absolute atomic E-state index is 4.77. The Balaban J connectivity index is 1.75. The van der Waals surface area contributed by atoms with Gasteiger partial charge in [-0.3, -0.25) is 0 Å². The van der Waals surface area contributed by atoms with Gasteiger partial charge in [0.25, 0.3) is 0 Å². The minimum atomic E-state index is 0.690. The van der Waals surface area contributed by atoms with E-state index in [9.17, 15) is 0 Å². The Bertz CT molecular complexity index is 458. The number of hydrogen-bond acceptors (Lipinski definition) is 4. The fraction of sp³-hybridized carbons (Fsp3) is 0.769. The molecule has 0 saturated heterocycles. The number of rotatable bonds is 2. The Morgan fingerprint density at radius 2 is 2.00 bits per heavy atom. The number of hydrogen-bond donors (Lipinski definition) is 0. The van der Waals surface area contributed by atoms with E-state index in [4.69, 9.17) is 5.10 Å². The molecule has 4 nitrogen and oxygen atoms in total. The Kier molecular flexibility index (Phi) is 3.41. The Morgan fingerprint density at radius 1 is 1.22 bits per heavy atom. The van der Waals surface area contributed by atoms with E-state index in [1.165, 1.54) is 37.8 Å². The molecule has 0 atom stereocenters. The third-order valence-corrected chi connectivity index (χ3v) is 5.19. The van der Waals surface area contributed by atoms with Crippen LogP contribution in [0, 0.1) is 18.8 Å². The smallest absolute Gasteiger partial charge is 0.192 e. The topological polar surface area (TPSA) is 43.1 Å². The lowest BCUT2D eigenvalue weighted by Gasteiger charge is -2.29. The zero-order valence-electron chi connectivity index (χ0n) is 11.1. The van der Waals surface area contributed by atoms with Crippen molar-refractivity contribution in [3.63, 3.8) is 0 Å². The first-order chi connectivity index (χ1) is 8.78. The van der Waals surface area contributed by atoms with E-state index >= 15 is 0 Å². The van der Waals surface area contributed by atoms with Crippen LogP contribution < -0.4 is 0 Å². The number of aromatic nitrogens is 3. The Hall–Kier alpha value is -0.840. The predicted molar refractivity (Wildman–Crippen MR) is 74.1 cm³/mol. The van der Waals surface area contributed by atoms with E-state index in [0.717, 1.165) is 22.7 Å². The molecule has 1 saturated carbocycles.